The van der Waals surface area contributed by atoms with Gasteiger partial charge in [0.2, 0.25) is 5.88 Å². The molecule has 0 aliphatic heterocycles. The van der Waals surface area contributed by atoms with Gasteiger partial charge in [-0.3, -0.25) is 0 Å². The monoisotopic (exact) mass is 384 g/mol. The molecular weight excluding hydrogens is 368 g/mol. The van der Waals surface area contributed by atoms with Crippen LogP contribution in [0.3, 0.4) is 0 Å². The van der Waals surface area contributed by atoms with E-state index in [4.69, 9.17) is 26.8 Å². The van der Waals surface area contributed by atoms with E-state index in [2.05, 4.69) is 15.3 Å². The van der Waals surface area contributed by atoms with Crippen molar-refractivity contribution in [3.05, 3.63) is 64.9 Å². The average Bonchev–Trinajstić information content (AvgIpc) is 2.67. The first-order valence-corrected chi connectivity index (χ1v) is 8.36. The van der Waals surface area contributed by atoms with Crippen LogP contribution in [0.2, 0.25) is 5.02 Å². The molecule has 3 N–H and O–H groups in total. The summed E-state index contributed by atoms with van der Waals surface area (Å²) >= 11 is 6.03. The number of benzene rings is 2. The lowest BCUT2D eigenvalue weighted by Crippen LogP contribution is -2.08. The Morgan fingerprint density at radius 2 is 1.96 bits per heavy atom. The minimum atomic E-state index is -0.473. The van der Waals surface area contributed by atoms with Crippen LogP contribution >= 0.6 is 11.6 Å². The van der Waals surface area contributed by atoms with Gasteiger partial charge in [0.15, 0.2) is 5.82 Å². The zero-order chi connectivity index (χ0) is 19.4. The summed E-state index contributed by atoms with van der Waals surface area (Å²) in [6, 6.07) is 12.1. The third kappa shape index (κ3) is 4.09. The molecule has 3 rings (SSSR count). The first-order valence-electron chi connectivity index (χ1n) is 7.98. The molecule has 0 aliphatic carbocycles. The van der Waals surface area contributed by atoms with E-state index in [0.29, 0.717) is 27.8 Å². The van der Waals surface area contributed by atoms with Gasteiger partial charge in [-0.05, 0) is 42.8 Å². The highest BCUT2D eigenvalue weighted by Gasteiger charge is 2.15. The number of aromatic nitrogens is 2. The summed E-state index contributed by atoms with van der Waals surface area (Å²) in [5, 5.41) is 3.66. The number of carbonyl (C=O) groups is 1. The normalized spacial score (nSPS) is 10.3. The van der Waals surface area contributed by atoms with E-state index in [9.17, 15) is 4.79 Å². The molecule has 0 amide bonds. The Hall–Kier alpha value is -3.32. The molecule has 8 heteroatoms. The van der Waals surface area contributed by atoms with Gasteiger partial charge in [-0.2, -0.15) is 4.98 Å². The molecule has 0 saturated carbocycles. The predicted octanol–water partition coefficient (Wildman–Crippen LogP) is 4.34. The third-order valence-corrected chi connectivity index (χ3v) is 4.20. The topological polar surface area (TPSA) is 99.4 Å². The molecule has 2 aromatic carbocycles. The molecular formula is C19H17ClN4O3. The standard InChI is InChI=1S/C19H17ClN4O3/c1-11-9-12(7-8-14(11)20)27-18-16(21)17(22-10-23-18)24-15-6-4-3-5-13(15)19(25)26-2/h3-10H,21H2,1-2H3,(H,22,23,24). The number of nitrogen functional groups attached to an aromatic ring is 1. The van der Waals surface area contributed by atoms with Crippen molar-refractivity contribution < 1.29 is 14.3 Å². The van der Waals surface area contributed by atoms with E-state index in [1.807, 2.05) is 6.92 Å². The number of hydrogen-bond donors (Lipinski definition) is 2. The fraction of sp³-hybridized carbons (Fsp3) is 0.105. The van der Waals surface area contributed by atoms with Gasteiger partial charge >= 0.3 is 5.97 Å². The minimum absolute atomic E-state index is 0.185. The zero-order valence-corrected chi connectivity index (χ0v) is 15.4. The highest BCUT2D eigenvalue weighted by molar-refractivity contribution is 6.31. The SMILES string of the molecule is COC(=O)c1ccccc1Nc1ncnc(Oc2ccc(Cl)c(C)c2)c1N. The lowest BCUT2D eigenvalue weighted by Gasteiger charge is -2.14. The minimum Gasteiger partial charge on any atom is -0.465 e. The van der Waals surface area contributed by atoms with Crippen LogP contribution in [0.25, 0.3) is 0 Å². The summed E-state index contributed by atoms with van der Waals surface area (Å²) in [6.45, 7) is 1.87. The second-order valence-electron chi connectivity index (χ2n) is 5.62. The van der Waals surface area contributed by atoms with Crippen molar-refractivity contribution in [2.45, 2.75) is 6.92 Å². The highest BCUT2D eigenvalue weighted by Crippen LogP contribution is 2.32. The molecule has 0 aliphatic rings. The number of halogens is 1. The number of hydrogen-bond acceptors (Lipinski definition) is 7. The molecule has 1 aromatic heterocycles. The van der Waals surface area contributed by atoms with Crippen molar-refractivity contribution in [1.29, 1.82) is 0 Å². The average molecular weight is 385 g/mol. The van der Waals surface area contributed by atoms with Crippen LogP contribution in [0, 0.1) is 6.92 Å². The molecule has 1 heterocycles. The molecule has 138 valence electrons. The van der Waals surface area contributed by atoms with Gasteiger partial charge in [-0.25, -0.2) is 9.78 Å². The molecule has 0 spiro atoms. The third-order valence-electron chi connectivity index (χ3n) is 3.78. The summed E-state index contributed by atoms with van der Waals surface area (Å²) < 4.78 is 10.5. The number of rotatable bonds is 5. The summed E-state index contributed by atoms with van der Waals surface area (Å²) in [7, 11) is 1.32. The van der Waals surface area contributed by atoms with Crippen LogP contribution in [-0.4, -0.2) is 23.0 Å². The first-order chi connectivity index (χ1) is 13.0. The van der Waals surface area contributed by atoms with Crippen LogP contribution in [0.4, 0.5) is 17.2 Å². The number of ether oxygens (including phenoxy) is 2. The van der Waals surface area contributed by atoms with Gasteiger partial charge in [-0.15, -0.1) is 0 Å². The van der Waals surface area contributed by atoms with E-state index in [1.54, 1.807) is 42.5 Å². The Morgan fingerprint density at radius 3 is 2.70 bits per heavy atom. The van der Waals surface area contributed by atoms with Gasteiger partial charge in [0, 0.05) is 5.02 Å². The van der Waals surface area contributed by atoms with Crippen LogP contribution in [-0.2, 0) is 4.74 Å². The Labute approximate surface area is 161 Å². The number of nitrogens with one attached hydrogen (secondary N) is 1. The van der Waals surface area contributed by atoms with Gasteiger partial charge in [0.1, 0.15) is 17.8 Å². The molecule has 0 fully saturated rings. The van der Waals surface area contributed by atoms with Crippen molar-refractivity contribution in [1.82, 2.24) is 9.97 Å². The van der Waals surface area contributed by atoms with Crippen molar-refractivity contribution in [2.24, 2.45) is 0 Å². The van der Waals surface area contributed by atoms with Crippen LogP contribution < -0.4 is 15.8 Å². The number of methoxy groups -OCH3 is 1. The Morgan fingerprint density at radius 1 is 1.19 bits per heavy atom. The van der Waals surface area contributed by atoms with Gasteiger partial charge in [-0.1, -0.05) is 23.7 Å². The number of anilines is 3. The number of nitrogens with two attached hydrogens (primary N) is 1. The second kappa shape index (κ2) is 7.92. The fourth-order valence-electron chi connectivity index (χ4n) is 2.36. The quantitative estimate of drug-likeness (QED) is 0.631. The molecule has 0 unspecified atom stereocenters. The molecule has 3 aromatic rings. The van der Waals surface area contributed by atoms with Crippen molar-refractivity contribution in [2.75, 3.05) is 18.2 Å². The molecule has 0 radical (unpaired) electrons. The zero-order valence-electron chi connectivity index (χ0n) is 14.7. The number of aryl methyl sites for hydroxylation is 1. The highest BCUT2D eigenvalue weighted by atomic mass is 35.5. The Bertz CT molecular complexity index is 994. The molecule has 27 heavy (non-hydrogen) atoms. The van der Waals surface area contributed by atoms with E-state index < -0.39 is 5.97 Å². The van der Waals surface area contributed by atoms with Gasteiger partial charge in [0.05, 0.1) is 18.4 Å². The number of nitrogens with zero attached hydrogens (tertiary/aromatic N) is 2. The van der Waals surface area contributed by atoms with E-state index in [-0.39, 0.29) is 11.6 Å². The number of carbonyl (C=O) groups excluding carboxylic acids is 1. The van der Waals surface area contributed by atoms with E-state index in [1.165, 1.54) is 13.4 Å². The Kier molecular flexibility index (Phi) is 5.42. The fourth-order valence-corrected chi connectivity index (χ4v) is 2.48. The number of esters is 1. The smallest absolute Gasteiger partial charge is 0.339 e. The maximum atomic E-state index is 11.9. The van der Waals surface area contributed by atoms with Gasteiger partial charge in [0.25, 0.3) is 0 Å². The van der Waals surface area contributed by atoms with Crippen molar-refractivity contribution in [3.8, 4) is 11.6 Å². The maximum Gasteiger partial charge on any atom is 0.339 e. The lowest BCUT2D eigenvalue weighted by atomic mass is 10.2. The molecule has 0 bridgehead atoms. The van der Waals surface area contributed by atoms with Crippen LogP contribution in [0.1, 0.15) is 15.9 Å². The first kappa shape index (κ1) is 18.5. The largest absolute Gasteiger partial charge is 0.465 e. The number of para-hydroxylation sites is 1. The second-order valence-corrected chi connectivity index (χ2v) is 6.02. The summed E-state index contributed by atoms with van der Waals surface area (Å²) in [5.41, 5.74) is 8.08. The predicted molar refractivity (Wildman–Crippen MR) is 104 cm³/mol. The van der Waals surface area contributed by atoms with Crippen LogP contribution in [0.5, 0.6) is 11.6 Å². The summed E-state index contributed by atoms with van der Waals surface area (Å²) in [6.07, 6.45) is 1.32. The van der Waals surface area contributed by atoms with Crippen LogP contribution in [0.15, 0.2) is 48.8 Å². The molecule has 0 saturated heterocycles. The van der Waals surface area contributed by atoms with Gasteiger partial charge < -0.3 is 20.5 Å². The summed E-state index contributed by atoms with van der Waals surface area (Å²) in [4.78, 5) is 20.1. The van der Waals surface area contributed by atoms with Crippen molar-refractivity contribution >= 4 is 34.8 Å². The van der Waals surface area contributed by atoms with Crippen molar-refractivity contribution in [3.63, 3.8) is 0 Å². The van der Waals surface area contributed by atoms with E-state index in [0.717, 1.165) is 5.56 Å². The molecule has 0 atom stereocenters. The Balaban J connectivity index is 1.90. The molecule has 7 nitrogen and oxygen atoms in total. The lowest BCUT2D eigenvalue weighted by molar-refractivity contribution is 0.0602. The van der Waals surface area contributed by atoms with E-state index >= 15 is 0 Å². The summed E-state index contributed by atoms with van der Waals surface area (Å²) in [5.74, 6) is 0.564. The maximum absolute atomic E-state index is 11.9.